The van der Waals surface area contributed by atoms with E-state index in [1.165, 1.54) is 5.56 Å². The van der Waals surface area contributed by atoms with Crippen LogP contribution in [0.1, 0.15) is 30.4 Å². The van der Waals surface area contributed by atoms with Crippen molar-refractivity contribution in [2.75, 3.05) is 9.62 Å². The van der Waals surface area contributed by atoms with E-state index in [1.54, 1.807) is 0 Å². The van der Waals surface area contributed by atoms with E-state index in [0.717, 1.165) is 76.6 Å². The fourth-order valence-corrected chi connectivity index (χ4v) is 11.2. The number of benzene rings is 8. The molecule has 0 atom stereocenters. The van der Waals surface area contributed by atoms with Crippen LogP contribution in [0, 0.1) is 15.9 Å². The predicted octanol–water partition coefficient (Wildman–Crippen LogP) is 13.6. The number of ether oxygens (including phenoxy) is 1. The van der Waals surface area contributed by atoms with Crippen LogP contribution in [-0.2, 0) is 24.8 Å². The zero-order chi connectivity index (χ0) is 46.9. The van der Waals surface area contributed by atoms with Crippen LogP contribution < -0.4 is 19.8 Å². The van der Waals surface area contributed by atoms with Crippen molar-refractivity contribution in [3.05, 3.63) is 209 Å². The van der Waals surface area contributed by atoms with Crippen LogP contribution in [0.4, 0.5) is 22.9 Å². The van der Waals surface area contributed by atoms with Gasteiger partial charge in [0.1, 0.15) is 0 Å². The van der Waals surface area contributed by atoms with Gasteiger partial charge in [-0.2, -0.15) is 12.1 Å². The summed E-state index contributed by atoms with van der Waals surface area (Å²) in [6.07, 6.45) is 0. The molecule has 8 aromatic carbocycles. The number of imidazole rings is 1. The van der Waals surface area contributed by atoms with E-state index in [2.05, 4.69) is 186 Å². The van der Waals surface area contributed by atoms with E-state index in [9.17, 15) is 2.74 Å². The molecule has 3 aliphatic heterocycles. The van der Waals surface area contributed by atoms with Gasteiger partial charge in [-0.25, -0.2) is 0 Å². The Morgan fingerprint density at radius 2 is 1.30 bits per heavy atom. The van der Waals surface area contributed by atoms with Crippen molar-refractivity contribution in [3.8, 4) is 67.5 Å². The normalized spacial score (nSPS) is 13.7. The molecule has 8 heteroatoms. The quantitative estimate of drug-likeness (QED) is 0.123. The molecule has 0 bridgehead atoms. The van der Waals surface area contributed by atoms with Gasteiger partial charge in [0.15, 0.2) is 0 Å². The molecule has 0 aliphatic carbocycles. The number of para-hydroxylation sites is 5. The summed E-state index contributed by atoms with van der Waals surface area (Å²) >= 11 is 2.46. The Morgan fingerprint density at radius 1 is 0.621 bits per heavy atom. The van der Waals surface area contributed by atoms with Crippen LogP contribution in [0.15, 0.2) is 188 Å². The first-order valence-electron chi connectivity index (χ1n) is 23.6. The number of hydrogen-bond donors (Lipinski definition) is 0. The van der Waals surface area contributed by atoms with Gasteiger partial charge in [0.05, 0.1) is 4.11 Å². The minimum absolute atomic E-state index is 0.0122. The number of pyridine rings is 1. The van der Waals surface area contributed by atoms with Gasteiger partial charge in [-0.05, 0) is 11.6 Å². The van der Waals surface area contributed by atoms with E-state index in [4.69, 9.17) is 11.1 Å². The molecule has 6 nitrogen and oxygen atoms in total. The maximum absolute atomic E-state index is 9.32. The molecule has 318 valence electrons. The number of aromatic nitrogens is 3. The van der Waals surface area contributed by atoms with Crippen LogP contribution in [0.3, 0.4) is 0 Å². The summed E-state index contributed by atoms with van der Waals surface area (Å²) in [5, 5.41) is 0. The van der Waals surface area contributed by atoms with Crippen molar-refractivity contribution < 1.29 is 28.2 Å². The largest absolute Gasteiger partial charge is 0.0615 e. The van der Waals surface area contributed by atoms with Gasteiger partial charge >= 0.3 is 326 Å². The van der Waals surface area contributed by atoms with Crippen molar-refractivity contribution in [2.45, 2.75) is 26.2 Å². The van der Waals surface area contributed by atoms with Crippen molar-refractivity contribution >= 4 is 46.4 Å². The monoisotopic (exact) mass is 1030 g/mol. The fourth-order valence-electron chi connectivity index (χ4n) is 10.1. The van der Waals surface area contributed by atoms with Crippen LogP contribution in [0.2, 0.25) is 0 Å². The molecule has 0 N–H and O–H groups in total. The number of nitrogens with zero attached hydrogens (tertiary/aromatic N) is 5. The van der Waals surface area contributed by atoms with Gasteiger partial charge in [-0.3, -0.25) is 0 Å². The molecule has 0 unspecified atom stereocenters. The molecule has 0 fully saturated rings. The van der Waals surface area contributed by atoms with Gasteiger partial charge in [0.25, 0.3) is 0 Å². The second kappa shape index (κ2) is 14.8. The fraction of sp³-hybridized carbons (Fsp3) is 0.0690. The summed E-state index contributed by atoms with van der Waals surface area (Å²) in [7, 11) is 0. The third-order valence-electron chi connectivity index (χ3n) is 13.1. The first-order chi connectivity index (χ1) is 33.6. The van der Waals surface area contributed by atoms with Crippen LogP contribution >= 0.6 is 0 Å². The Kier molecular flexibility index (Phi) is 8.03. The SMILES string of the molecule is [2H]c1c([2H])c2c3c(c1[2H])-c1ccc(Oc4[c-]c(-n5[c](=[Pt])n(-c6c(-c7ccccc7)cccc6-c6cccc(C(C)(C)C)c6)c6ccccc65)ccc4)nc1N1B3N(c3ccc[c-]c31)c1ccccc1-2. The first-order valence-corrected chi connectivity index (χ1v) is 23.2. The van der Waals surface area contributed by atoms with Crippen LogP contribution in [0.25, 0.3) is 66.9 Å². The van der Waals surface area contributed by atoms with Crippen molar-refractivity contribution in [3.63, 3.8) is 0 Å². The summed E-state index contributed by atoms with van der Waals surface area (Å²) < 4.78 is 39.8. The molecule has 0 saturated carbocycles. The Hall–Kier alpha value is -7.47. The minimum atomic E-state index is -0.441. The molecular formula is C58H40BN5OPt-2. The Morgan fingerprint density at radius 3 is 2.14 bits per heavy atom. The number of rotatable bonds is 6. The Bertz CT molecular complexity index is 3860. The summed E-state index contributed by atoms with van der Waals surface area (Å²) in [5.74, 6) is 1.43. The number of fused-ring (bicyclic) bond motifs is 10. The van der Waals surface area contributed by atoms with Crippen molar-refractivity contribution in [2.24, 2.45) is 0 Å². The third kappa shape index (κ3) is 5.86. The predicted molar refractivity (Wildman–Crippen MR) is 264 cm³/mol. The maximum Gasteiger partial charge on any atom is 0.0275 e. The topological polar surface area (TPSA) is 38.5 Å². The molecule has 10 aromatic rings. The first kappa shape index (κ1) is 35.8. The smallest absolute Gasteiger partial charge is 0.0275 e. The second-order valence-corrected chi connectivity index (χ2v) is 18.9. The van der Waals surface area contributed by atoms with Crippen molar-refractivity contribution in [1.82, 2.24) is 14.1 Å². The molecule has 0 radical (unpaired) electrons. The second-order valence-electron chi connectivity index (χ2n) is 17.9. The molecule has 0 spiro atoms. The molecule has 66 heavy (non-hydrogen) atoms. The summed E-state index contributed by atoms with van der Waals surface area (Å²) in [6, 6.07) is 65.4. The molecule has 13 rings (SSSR count). The number of anilines is 4. The van der Waals surface area contributed by atoms with E-state index in [0.29, 0.717) is 34.1 Å². The minimum Gasteiger partial charge on any atom is -0.0615 e. The molecule has 2 aromatic heterocycles. The summed E-state index contributed by atoms with van der Waals surface area (Å²) in [5.41, 5.74) is 16.1. The summed E-state index contributed by atoms with van der Waals surface area (Å²) in [4.78, 5) is 9.63. The maximum atomic E-state index is 9.32. The zero-order valence-electron chi connectivity index (χ0n) is 39.2. The molecular weight excluding hydrogens is 989 g/mol. The number of hydrogen-bond acceptors (Lipinski definition) is 4. The summed E-state index contributed by atoms with van der Waals surface area (Å²) in [6.45, 7) is 6.33. The molecule has 5 heterocycles. The van der Waals surface area contributed by atoms with Crippen LogP contribution in [0.5, 0.6) is 11.6 Å². The van der Waals surface area contributed by atoms with Gasteiger partial charge in [-0.15, -0.1) is 6.07 Å². The Balaban J connectivity index is 0.952. The van der Waals surface area contributed by atoms with E-state index in [1.807, 2.05) is 54.6 Å². The van der Waals surface area contributed by atoms with Gasteiger partial charge in [0, 0.05) is 11.3 Å². The Labute approximate surface area is 399 Å². The van der Waals surface area contributed by atoms with Gasteiger partial charge < -0.3 is 0 Å². The van der Waals surface area contributed by atoms with E-state index < -0.39 is 6.98 Å². The average Bonchev–Trinajstić information content (AvgIpc) is 3.88. The van der Waals surface area contributed by atoms with E-state index >= 15 is 0 Å². The average molecular weight is 1030 g/mol. The van der Waals surface area contributed by atoms with Crippen LogP contribution in [-0.4, -0.2) is 21.1 Å². The molecule has 0 amide bonds. The van der Waals surface area contributed by atoms with E-state index in [-0.39, 0.29) is 23.5 Å². The van der Waals surface area contributed by atoms with Gasteiger partial charge in [0.2, 0.25) is 0 Å². The molecule has 3 aliphatic rings. The molecule has 0 saturated heterocycles. The van der Waals surface area contributed by atoms with Crippen molar-refractivity contribution in [1.29, 1.82) is 0 Å². The zero-order valence-corrected chi connectivity index (χ0v) is 38.5. The standard InChI is InChI=1S/C58H40BN5O.Pt/c1-58(2,3)40-20-13-19-39(35-40)44-25-15-24-43(38-17-5-4-6-18-38)56(44)62-37-61(50-29-9-10-30-51(50)62)41-21-14-22-42(36-41)65-54-34-33-48-47-27-16-26-46-45-23-7-8-28-49(45)63-52-31-11-12-32-53(52)64(57(48)60-54)59(63)55(46)47;/h4-31,33-35H,1-3H3;/q-2;/i16D,26D,27D;. The van der Waals surface area contributed by atoms with Gasteiger partial charge in [-0.1, -0.05) is 30.3 Å². The third-order valence-corrected chi connectivity index (χ3v) is 14.1.